The summed E-state index contributed by atoms with van der Waals surface area (Å²) in [5, 5.41) is 8.82. The summed E-state index contributed by atoms with van der Waals surface area (Å²) in [6.45, 7) is 0.316. The van der Waals surface area contributed by atoms with Gasteiger partial charge in [-0.25, -0.2) is 0 Å². The first-order valence-electron chi connectivity index (χ1n) is 10.5. The number of thiocarbonyl (C=S) groups is 1. The van der Waals surface area contributed by atoms with E-state index in [4.69, 9.17) is 17.3 Å². The van der Waals surface area contributed by atoms with Crippen molar-refractivity contribution in [2.24, 2.45) is 0 Å². The number of rotatable bonds is 8. The quantitative estimate of drug-likeness (QED) is 0.309. The Balaban J connectivity index is 1.55. The topological polar surface area (TPSA) is 60.9 Å². The fraction of sp³-hybridized carbons (Fsp3) is 0.115. The molecule has 1 amide bonds. The standard InChI is InChI=1S/C26H22N2O3S2/c29-24(30)12-7-17-27-25(31)23(33-26(27)32)18-19-13-15-22(16-14-19)28(20-8-3-1-4-9-20)21-10-5-2-6-11-21/h1-6,8-11,13-16,18H,7,12,17H2,(H,29,30)/b23-18-. The van der Waals surface area contributed by atoms with Gasteiger partial charge in [0, 0.05) is 30.0 Å². The van der Waals surface area contributed by atoms with E-state index in [2.05, 4.69) is 29.2 Å². The Morgan fingerprint density at radius 2 is 1.45 bits per heavy atom. The molecule has 1 N–H and O–H groups in total. The van der Waals surface area contributed by atoms with Gasteiger partial charge in [-0.05, 0) is 54.5 Å². The predicted molar refractivity (Wildman–Crippen MR) is 138 cm³/mol. The van der Waals surface area contributed by atoms with E-state index >= 15 is 0 Å². The molecular weight excluding hydrogens is 452 g/mol. The predicted octanol–water partition coefficient (Wildman–Crippen LogP) is 6.22. The summed E-state index contributed by atoms with van der Waals surface area (Å²) in [4.78, 5) is 27.7. The fourth-order valence-electron chi connectivity index (χ4n) is 3.55. The number of thioether (sulfide) groups is 1. The number of aliphatic carboxylic acids is 1. The van der Waals surface area contributed by atoms with E-state index in [0.29, 0.717) is 22.2 Å². The van der Waals surface area contributed by atoms with Crippen LogP contribution in [0.3, 0.4) is 0 Å². The number of hydrogen-bond acceptors (Lipinski definition) is 5. The van der Waals surface area contributed by atoms with Crippen LogP contribution in [0.15, 0.2) is 89.8 Å². The Morgan fingerprint density at radius 3 is 2.00 bits per heavy atom. The van der Waals surface area contributed by atoms with E-state index in [0.717, 1.165) is 22.6 Å². The smallest absolute Gasteiger partial charge is 0.303 e. The van der Waals surface area contributed by atoms with Gasteiger partial charge < -0.3 is 10.0 Å². The van der Waals surface area contributed by atoms with Gasteiger partial charge in [-0.2, -0.15) is 0 Å². The summed E-state index contributed by atoms with van der Waals surface area (Å²) in [5.74, 6) is -1.05. The van der Waals surface area contributed by atoms with Crippen molar-refractivity contribution in [2.75, 3.05) is 11.4 Å². The van der Waals surface area contributed by atoms with Gasteiger partial charge in [0.15, 0.2) is 0 Å². The van der Waals surface area contributed by atoms with Crippen LogP contribution in [0.4, 0.5) is 17.1 Å². The number of hydrogen-bond donors (Lipinski definition) is 1. The molecule has 0 radical (unpaired) electrons. The molecule has 3 aromatic rings. The summed E-state index contributed by atoms with van der Waals surface area (Å²) < 4.78 is 0.465. The molecule has 1 heterocycles. The molecule has 0 saturated carbocycles. The number of para-hydroxylation sites is 2. The third kappa shape index (κ3) is 5.50. The number of nitrogens with zero attached hydrogens (tertiary/aromatic N) is 2. The summed E-state index contributed by atoms with van der Waals surface area (Å²) in [7, 11) is 0. The third-order valence-corrected chi connectivity index (χ3v) is 6.50. The molecule has 0 aromatic heterocycles. The van der Waals surface area contributed by atoms with Crippen molar-refractivity contribution in [3.05, 3.63) is 95.4 Å². The van der Waals surface area contributed by atoms with E-state index in [1.165, 1.54) is 16.7 Å². The molecule has 0 spiro atoms. The van der Waals surface area contributed by atoms with Crippen molar-refractivity contribution in [1.82, 2.24) is 4.90 Å². The van der Waals surface area contributed by atoms with E-state index < -0.39 is 5.97 Å². The van der Waals surface area contributed by atoms with E-state index in [9.17, 15) is 9.59 Å². The van der Waals surface area contributed by atoms with Crippen LogP contribution in [0, 0.1) is 0 Å². The molecule has 1 fully saturated rings. The molecule has 7 heteroatoms. The molecule has 166 valence electrons. The van der Waals surface area contributed by atoms with Crippen LogP contribution in [0.5, 0.6) is 0 Å². The van der Waals surface area contributed by atoms with E-state index in [-0.39, 0.29) is 12.3 Å². The number of carbonyl (C=O) groups is 2. The fourth-order valence-corrected chi connectivity index (χ4v) is 4.86. The van der Waals surface area contributed by atoms with Crippen molar-refractivity contribution >= 4 is 63.3 Å². The lowest BCUT2D eigenvalue weighted by molar-refractivity contribution is -0.137. The summed E-state index contributed by atoms with van der Waals surface area (Å²) >= 11 is 6.58. The number of benzene rings is 3. The summed E-state index contributed by atoms with van der Waals surface area (Å²) in [6.07, 6.45) is 2.21. The molecule has 0 atom stereocenters. The number of anilines is 3. The summed E-state index contributed by atoms with van der Waals surface area (Å²) in [6, 6.07) is 28.3. The molecule has 1 aliphatic heterocycles. The lowest BCUT2D eigenvalue weighted by atomic mass is 10.1. The average molecular weight is 475 g/mol. The second-order valence-electron chi connectivity index (χ2n) is 7.43. The lowest BCUT2D eigenvalue weighted by Crippen LogP contribution is -2.29. The zero-order chi connectivity index (χ0) is 23.2. The van der Waals surface area contributed by atoms with Crippen LogP contribution in [-0.2, 0) is 9.59 Å². The zero-order valence-corrected chi connectivity index (χ0v) is 19.4. The SMILES string of the molecule is O=C(O)CCCN1C(=O)/C(=C/c2ccc(N(c3ccccc3)c3ccccc3)cc2)SC1=S. The second-order valence-corrected chi connectivity index (χ2v) is 9.10. The van der Waals surface area contributed by atoms with Gasteiger partial charge in [0.1, 0.15) is 4.32 Å². The van der Waals surface area contributed by atoms with Crippen molar-refractivity contribution in [3.63, 3.8) is 0 Å². The highest BCUT2D eigenvalue weighted by atomic mass is 32.2. The molecule has 3 aromatic carbocycles. The van der Waals surface area contributed by atoms with Gasteiger partial charge in [-0.1, -0.05) is 72.5 Å². The van der Waals surface area contributed by atoms with E-state index in [1.807, 2.05) is 66.7 Å². The van der Waals surface area contributed by atoms with Gasteiger partial charge in [0.25, 0.3) is 5.91 Å². The molecule has 0 bridgehead atoms. The van der Waals surface area contributed by atoms with Crippen molar-refractivity contribution in [1.29, 1.82) is 0 Å². The molecule has 0 aliphatic carbocycles. The Bertz CT molecular complexity index is 1140. The van der Waals surface area contributed by atoms with Gasteiger partial charge in [0.2, 0.25) is 0 Å². The maximum Gasteiger partial charge on any atom is 0.303 e. The Hall–Kier alpha value is -3.42. The van der Waals surface area contributed by atoms with Crippen LogP contribution in [-0.4, -0.2) is 32.7 Å². The van der Waals surface area contributed by atoms with Crippen molar-refractivity contribution < 1.29 is 14.7 Å². The molecule has 1 aliphatic rings. The second kappa shape index (κ2) is 10.5. The van der Waals surface area contributed by atoms with Crippen LogP contribution in [0.25, 0.3) is 6.08 Å². The Labute approximate surface area is 202 Å². The van der Waals surface area contributed by atoms with Gasteiger partial charge in [-0.15, -0.1) is 0 Å². The molecule has 5 nitrogen and oxygen atoms in total. The van der Waals surface area contributed by atoms with Gasteiger partial charge >= 0.3 is 5.97 Å². The van der Waals surface area contributed by atoms with E-state index in [1.54, 1.807) is 0 Å². The molecular formula is C26H22N2O3S2. The number of amides is 1. The first-order valence-corrected chi connectivity index (χ1v) is 11.7. The Kier molecular flexibility index (Phi) is 7.22. The first-order chi connectivity index (χ1) is 16.0. The monoisotopic (exact) mass is 474 g/mol. The highest BCUT2D eigenvalue weighted by Crippen LogP contribution is 2.36. The average Bonchev–Trinajstić information content (AvgIpc) is 3.09. The zero-order valence-electron chi connectivity index (χ0n) is 17.8. The van der Waals surface area contributed by atoms with Crippen LogP contribution in [0.1, 0.15) is 18.4 Å². The third-order valence-electron chi connectivity index (χ3n) is 5.12. The first kappa shape index (κ1) is 22.8. The van der Waals surface area contributed by atoms with Gasteiger partial charge in [-0.3, -0.25) is 14.5 Å². The van der Waals surface area contributed by atoms with Crippen LogP contribution >= 0.6 is 24.0 Å². The lowest BCUT2D eigenvalue weighted by Gasteiger charge is -2.25. The maximum absolute atomic E-state index is 12.7. The Morgan fingerprint density at radius 1 is 0.909 bits per heavy atom. The molecule has 0 unspecified atom stereocenters. The summed E-state index contributed by atoms with van der Waals surface area (Å²) in [5.41, 5.74) is 4.01. The minimum absolute atomic E-state index is 0.0108. The van der Waals surface area contributed by atoms with Crippen molar-refractivity contribution in [3.8, 4) is 0 Å². The number of carboxylic acid groups (broad SMARTS) is 1. The van der Waals surface area contributed by atoms with Crippen LogP contribution < -0.4 is 4.90 Å². The van der Waals surface area contributed by atoms with Gasteiger partial charge in [0.05, 0.1) is 4.91 Å². The molecule has 33 heavy (non-hydrogen) atoms. The minimum atomic E-state index is -0.879. The minimum Gasteiger partial charge on any atom is -0.481 e. The van der Waals surface area contributed by atoms with Crippen molar-refractivity contribution in [2.45, 2.75) is 12.8 Å². The number of carboxylic acids is 1. The number of carbonyl (C=O) groups excluding carboxylic acids is 1. The van der Waals surface area contributed by atoms with Crippen LogP contribution in [0.2, 0.25) is 0 Å². The highest BCUT2D eigenvalue weighted by Gasteiger charge is 2.31. The largest absolute Gasteiger partial charge is 0.481 e. The highest BCUT2D eigenvalue weighted by molar-refractivity contribution is 8.26. The normalized spacial score (nSPS) is 14.7. The molecule has 1 saturated heterocycles. The molecule has 4 rings (SSSR count). The maximum atomic E-state index is 12.7.